The van der Waals surface area contributed by atoms with Crippen molar-refractivity contribution in [2.45, 2.75) is 51.5 Å². The lowest BCUT2D eigenvalue weighted by Crippen LogP contribution is -2.45. The molecule has 1 aliphatic carbocycles. The van der Waals surface area contributed by atoms with Crippen molar-refractivity contribution in [3.8, 4) is 0 Å². The first-order chi connectivity index (χ1) is 12.2. The first kappa shape index (κ1) is 20.1. The lowest BCUT2D eigenvalue weighted by molar-refractivity contribution is -0.135. The van der Waals surface area contributed by atoms with Crippen LogP contribution in [0, 0.1) is 5.92 Å². The Morgan fingerprint density at radius 3 is 2.84 bits per heavy atom. The summed E-state index contributed by atoms with van der Waals surface area (Å²) in [5, 5.41) is 6.82. The van der Waals surface area contributed by atoms with Gasteiger partial charge in [-0.3, -0.25) is 9.79 Å². The maximum Gasteiger partial charge on any atom is 0.225 e. The van der Waals surface area contributed by atoms with Crippen LogP contribution < -0.4 is 10.6 Å². The predicted octanol–water partition coefficient (Wildman–Crippen LogP) is 2.64. The molecule has 0 radical (unpaired) electrons. The highest BCUT2D eigenvalue weighted by molar-refractivity contribution is 7.99. The zero-order chi connectivity index (χ0) is 17.9. The van der Waals surface area contributed by atoms with Gasteiger partial charge in [0.1, 0.15) is 0 Å². The van der Waals surface area contributed by atoms with Crippen molar-refractivity contribution in [3.63, 3.8) is 0 Å². The topological polar surface area (TPSA) is 56.7 Å². The number of thioether (sulfide) groups is 1. The van der Waals surface area contributed by atoms with Gasteiger partial charge in [0.25, 0.3) is 0 Å². The highest BCUT2D eigenvalue weighted by atomic mass is 32.2. The van der Waals surface area contributed by atoms with Gasteiger partial charge in [-0.05, 0) is 26.2 Å². The van der Waals surface area contributed by atoms with Gasteiger partial charge in [0.15, 0.2) is 5.96 Å². The summed E-state index contributed by atoms with van der Waals surface area (Å²) in [6.45, 7) is 9.15. The minimum atomic E-state index is 0.274. The third-order valence-electron chi connectivity index (χ3n) is 4.88. The van der Waals surface area contributed by atoms with Gasteiger partial charge in [-0.15, -0.1) is 6.58 Å². The van der Waals surface area contributed by atoms with Gasteiger partial charge in [-0.25, -0.2) is 0 Å². The SMILES string of the molecule is C=CCSCCN=C(NCC)NC1CCN(C(=O)C2CCCCC2)C1. The zero-order valence-electron chi connectivity index (χ0n) is 15.6. The Bertz CT molecular complexity index is 449. The van der Waals surface area contributed by atoms with E-state index in [1.165, 1.54) is 19.3 Å². The van der Waals surface area contributed by atoms with Crippen LogP contribution >= 0.6 is 11.8 Å². The molecule has 5 nitrogen and oxygen atoms in total. The van der Waals surface area contributed by atoms with E-state index >= 15 is 0 Å². The summed E-state index contributed by atoms with van der Waals surface area (Å²) in [5.41, 5.74) is 0. The molecule has 1 saturated heterocycles. The van der Waals surface area contributed by atoms with Gasteiger partial charge in [0.05, 0.1) is 6.54 Å². The molecule has 142 valence electrons. The van der Waals surface area contributed by atoms with Crippen molar-refractivity contribution < 1.29 is 4.79 Å². The maximum atomic E-state index is 12.7. The first-order valence-electron chi connectivity index (χ1n) is 9.76. The summed E-state index contributed by atoms with van der Waals surface area (Å²) in [5.74, 6) is 3.50. The second kappa shape index (κ2) is 11.4. The normalized spacial score (nSPS) is 22.0. The van der Waals surface area contributed by atoms with Crippen molar-refractivity contribution in [2.75, 3.05) is 37.7 Å². The summed E-state index contributed by atoms with van der Waals surface area (Å²) in [6.07, 6.45) is 8.82. The van der Waals surface area contributed by atoms with Crippen LogP contribution in [-0.4, -0.2) is 60.5 Å². The van der Waals surface area contributed by atoms with Crippen LogP contribution in [0.1, 0.15) is 45.4 Å². The monoisotopic (exact) mass is 366 g/mol. The van der Waals surface area contributed by atoms with Crippen LogP contribution in [0.5, 0.6) is 0 Å². The van der Waals surface area contributed by atoms with Crippen molar-refractivity contribution in [1.82, 2.24) is 15.5 Å². The number of amides is 1. The summed E-state index contributed by atoms with van der Waals surface area (Å²) < 4.78 is 0. The minimum Gasteiger partial charge on any atom is -0.357 e. The van der Waals surface area contributed by atoms with E-state index < -0.39 is 0 Å². The molecule has 0 aromatic heterocycles. The molecule has 25 heavy (non-hydrogen) atoms. The van der Waals surface area contributed by atoms with Crippen LogP contribution in [0.3, 0.4) is 0 Å². The average Bonchev–Trinajstić information content (AvgIpc) is 3.10. The number of nitrogens with one attached hydrogen (secondary N) is 2. The van der Waals surface area contributed by atoms with Crippen molar-refractivity contribution in [2.24, 2.45) is 10.9 Å². The smallest absolute Gasteiger partial charge is 0.225 e. The second-order valence-corrected chi connectivity index (χ2v) is 8.02. The fraction of sp³-hybridized carbons (Fsp3) is 0.789. The number of rotatable bonds is 8. The fourth-order valence-corrected chi connectivity index (χ4v) is 4.14. The average molecular weight is 367 g/mol. The molecule has 1 saturated carbocycles. The number of nitrogens with zero attached hydrogens (tertiary/aromatic N) is 2. The number of carbonyl (C=O) groups is 1. The number of guanidine groups is 1. The third-order valence-corrected chi connectivity index (χ3v) is 5.82. The molecule has 1 aliphatic heterocycles. The highest BCUT2D eigenvalue weighted by Gasteiger charge is 2.31. The summed E-state index contributed by atoms with van der Waals surface area (Å²) >= 11 is 1.84. The number of likely N-dealkylation sites (tertiary alicyclic amines) is 1. The van der Waals surface area contributed by atoms with E-state index in [-0.39, 0.29) is 5.92 Å². The van der Waals surface area contributed by atoms with Gasteiger partial charge in [-0.1, -0.05) is 25.3 Å². The molecule has 2 N–H and O–H groups in total. The lowest BCUT2D eigenvalue weighted by atomic mass is 9.88. The second-order valence-electron chi connectivity index (χ2n) is 6.87. The van der Waals surface area contributed by atoms with E-state index in [2.05, 4.69) is 34.0 Å². The number of hydrogen-bond acceptors (Lipinski definition) is 3. The molecule has 2 fully saturated rings. The number of hydrogen-bond donors (Lipinski definition) is 2. The van der Waals surface area contributed by atoms with Gasteiger partial charge >= 0.3 is 0 Å². The summed E-state index contributed by atoms with van der Waals surface area (Å²) in [4.78, 5) is 19.4. The molecule has 0 spiro atoms. The van der Waals surface area contributed by atoms with Crippen molar-refractivity contribution >= 4 is 23.6 Å². The Balaban J connectivity index is 1.77. The molecule has 1 amide bonds. The summed E-state index contributed by atoms with van der Waals surface area (Å²) in [7, 11) is 0. The molecule has 6 heteroatoms. The molecular formula is C19H34N4OS. The predicted molar refractivity (Wildman–Crippen MR) is 108 cm³/mol. The van der Waals surface area contributed by atoms with Crippen LogP contribution in [0.25, 0.3) is 0 Å². The van der Waals surface area contributed by atoms with Crippen LogP contribution in [-0.2, 0) is 4.79 Å². The Morgan fingerprint density at radius 1 is 1.32 bits per heavy atom. The molecule has 2 rings (SSSR count). The quantitative estimate of drug-likeness (QED) is 0.300. The van der Waals surface area contributed by atoms with Crippen molar-refractivity contribution in [3.05, 3.63) is 12.7 Å². The number of carbonyl (C=O) groups excluding carboxylic acids is 1. The highest BCUT2D eigenvalue weighted by Crippen LogP contribution is 2.26. The zero-order valence-corrected chi connectivity index (χ0v) is 16.5. The van der Waals surface area contributed by atoms with E-state index in [9.17, 15) is 4.79 Å². The van der Waals surface area contributed by atoms with E-state index in [0.29, 0.717) is 11.9 Å². The molecule has 0 aromatic rings. The lowest BCUT2D eigenvalue weighted by Gasteiger charge is -2.26. The third kappa shape index (κ3) is 6.92. The summed E-state index contributed by atoms with van der Waals surface area (Å²) in [6, 6.07) is 0.311. The maximum absolute atomic E-state index is 12.7. The van der Waals surface area contributed by atoms with E-state index in [4.69, 9.17) is 0 Å². The van der Waals surface area contributed by atoms with Gasteiger partial charge in [0, 0.05) is 43.1 Å². The van der Waals surface area contributed by atoms with Gasteiger partial charge in [0.2, 0.25) is 5.91 Å². The van der Waals surface area contributed by atoms with Crippen LogP contribution in [0.2, 0.25) is 0 Å². The molecular weight excluding hydrogens is 332 g/mol. The Kier molecular flexibility index (Phi) is 9.22. The van der Waals surface area contributed by atoms with Crippen LogP contribution in [0.4, 0.5) is 0 Å². The van der Waals surface area contributed by atoms with E-state index in [1.807, 2.05) is 17.8 Å². The Hall–Kier alpha value is -1.17. The molecule has 0 aromatic carbocycles. The van der Waals surface area contributed by atoms with Gasteiger partial charge < -0.3 is 15.5 Å². The van der Waals surface area contributed by atoms with Crippen molar-refractivity contribution in [1.29, 1.82) is 0 Å². The Morgan fingerprint density at radius 2 is 2.12 bits per heavy atom. The molecule has 0 bridgehead atoms. The standard InChI is InChI=1S/C19H34N4OS/c1-3-13-25-14-11-21-19(20-4-2)22-17-10-12-23(15-17)18(24)16-8-6-5-7-9-16/h3,16-17H,1,4-15H2,2H3,(H2,20,21,22). The molecule has 1 atom stereocenters. The molecule has 1 heterocycles. The Labute approximate surface area is 157 Å². The largest absolute Gasteiger partial charge is 0.357 e. The minimum absolute atomic E-state index is 0.274. The number of aliphatic imine (C=N–C) groups is 1. The fourth-order valence-electron chi connectivity index (χ4n) is 3.59. The van der Waals surface area contributed by atoms with Crippen LogP contribution in [0.15, 0.2) is 17.6 Å². The first-order valence-corrected chi connectivity index (χ1v) is 10.9. The molecule has 2 aliphatic rings. The van der Waals surface area contributed by atoms with E-state index in [1.54, 1.807) is 0 Å². The van der Waals surface area contributed by atoms with Gasteiger partial charge in [-0.2, -0.15) is 11.8 Å². The van der Waals surface area contributed by atoms with E-state index in [0.717, 1.165) is 62.9 Å². The molecule has 1 unspecified atom stereocenters.